The summed E-state index contributed by atoms with van der Waals surface area (Å²) in [4.78, 5) is 4.60. The third-order valence-electron chi connectivity index (χ3n) is 4.10. The van der Waals surface area contributed by atoms with E-state index in [-0.39, 0.29) is 5.92 Å². The lowest BCUT2D eigenvalue weighted by Gasteiger charge is -2.28. The molecule has 1 nitrogen and oxygen atoms in total. The Morgan fingerprint density at radius 1 is 0.700 bits per heavy atom. The Hall–Kier alpha value is -2.41. The maximum Gasteiger partial charge on any atom is 0.0522 e. The van der Waals surface area contributed by atoms with Crippen molar-refractivity contribution in [3.8, 4) is 0 Å². The van der Waals surface area contributed by atoms with Crippen LogP contribution in [0.1, 0.15) is 33.9 Å². The Bertz CT molecular complexity index is 701. The van der Waals surface area contributed by atoms with Gasteiger partial charge in [0.05, 0.1) is 11.6 Å². The topological polar surface area (TPSA) is 12.9 Å². The van der Waals surface area contributed by atoms with E-state index < -0.39 is 0 Å². The molecule has 0 fully saturated rings. The van der Waals surface area contributed by atoms with Crippen LogP contribution in [0.2, 0.25) is 0 Å². The summed E-state index contributed by atoms with van der Waals surface area (Å²) < 4.78 is 0. The lowest BCUT2D eigenvalue weighted by atomic mass is 9.76. The van der Waals surface area contributed by atoms with Gasteiger partial charge >= 0.3 is 0 Å². The summed E-state index contributed by atoms with van der Waals surface area (Å²) in [6, 6.07) is 23.6. The molecule has 0 radical (unpaired) electrons. The van der Waals surface area contributed by atoms with E-state index in [9.17, 15) is 0 Å². The molecule has 20 heavy (non-hydrogen) atoms. The third kappa shape index (κ3) is 1.75. The van der Waals surface area contributed by atoms with E-state index in [0.717, 1.165) is 12.1 Å². The molecule has 4 rings (SSSR count). The van der Waals surface area contributed by atoms with Crippen molar-refractivity contribution in [2.45, 2.75) is 12.3 Å². The molecule has 0 unspecified atom stereocenters. The van der Waals surface area contributed by atoms with Crippen LogP contribution in [0.4, 0.5) is 0 Å². The summed E-state index contributed by atoms with van der Waals surface area (Å²) in [5.41, 5.74) is 6.76. The van der Waals surface area contributed by atoms with Gasteiger partial charge in [0.25, 0.3) is 0 Å². The Labute approximate surface area is 118 Å². The minimum Gasteiger partial charge on any atom is -0.260 e. The highest BCUT2D eigenvalue weighted by molar-refractivity contribution is 5.53. The van der Waals surface area contributed by atoms with E-state index in [1.165, 1.54) is 22.3 Å². The summed E-state index contributed by atoms with van der Waals surface area (Å²) in [6.45, 7) is 0. The van der Waals surface area contributed by atoms with E-state index in [1.54, 1.807) is 0 Å². The smallest absolute Gasteiger partial charge is 0.0522 e. The molecular weight excluding hydrogens is 242 g/mol. The normalized spacial score (nSPS) is 13.6. The average Bonchev–Trinajstić information content (AvgIpc) is 2.53. The van der Waals surface area contributed by atoms with Gasteiger partial charge in [-0.15, -0.1) is 0 Å². The first-order valence-electron chi connectivity index (χ1n) is 7.00. The third-order valence-corrected chi connectivity index (χ3v) is 4.10. The van der Waals surface area contributed by atoms with Gasteiger partial charge in [-0.25, -0.2) is 0 Å². The van der Waals surface area contributed by atoms with Crippen LogP contribution in [0.3, 0.4) is 0 Å². The minimum absolute atomic E-state index is 0.261. The second-order valence-electron chi connectivity index (χ2n) is 5.26. The fraction of sp³-hybridized carbons (Fsp3) is 0.105. The number of fused-ring (bicyclic) bond motifs is 2. The monoisotopic (exact) mass is 257 g/mol. The van der Waals surface area contributed by atoms with Gasteiger partial charge in [0.15, 0.2) is 0 Å². The van der Waals surface area contributed by atoms with Crippen LogP contribution in [-0.2, 0) is 6.42 Å². The van der Waals surface area contributed by atoms with E-state index in [1.807, 2.05) is 12.3 Å². The molecule has 0 bridgehead atoms. The highest BCUT2D eigenvalue weighted by Crippen LogP contribution is 2.39. The van der Waals surface area contributed by atoms with Crippen molar-refractivity contribution in [2.24, 2.45) is 0 Å². The van der Waals surface area contributed by atoms with Crippen molar-refractivity contribution in [1.82, 2.24) is 4.98 Å². The lowest BCUT2D eigenvalue weighted by molar-refractivity contribution is 0.851. The van der Waals surface area contributed by atoms with Gasteiger partial charge in [-0.3, -0.25) is 4.98 Å². The zero-order valence-electron chi connectivity index (χ0n) is 11.2. The molecule has 96 valence electrons. The number of aromatic nitrogens is 1. The van der Waals surface area contributed by atoms with Crippen LogP contribution in [0.15, 0.2) is 72.9 Å². The first-order valence-corrected chi connectivity index (χ1v) is 7.00. The Kier molecular flexibility index (Phi) is 2.63. The van der Waals surface area contributed by atoms with Gasteiger partial charge in [0.1, 0.15) is 0 Å². The fourth-order valence-electron chi connectivity index (χ4n) is 3.19. The van der Waals surface area contributed by atoms with Crippen LogP contribution < -0.4 is 0 Å². The Balaban J connectivity index is 1.98. The van der Waals surface area contributed by atoms with Crippen molar-refractivity contribution >= 4 is 0 Å². The molecule has 0 amide bonds. The first kappa shape index (κ1) is 11.4. The maximum atomic E-state index is 4.60. The molecule has 1 aliphatic carbocycles. The van der Waals surface area contributed by atoms with Crippen LogP contribution >= 0.6 is 0 Å². The molecule has 1 aliphatic rings. The van der Waals surface area contributed by atoms with Crippen molar-refractivity contribution in [3.63, 3.8) is 0 Å². The molecule has 0 atom stereocenters. The second-order valence-corrected chi connectivity index (χ2v) is 5.26. The largest absolute Gasteiger partial charge is 0.260 e. The summed E-state index contributed by atoms with van der Waals surface area (Å²) in [6.07, 6.45) is 2.91. The number of benzene rings is 2. The summed E-state index contributed by atoms with van der Waals surface area (Å²) in [7, 11) is 0. The highest BCUT2D eigenvalue weighted by atomic mass is 14.7. The van der Waals surface area contributed by atoms with E-state index in [2.05, 4.69) is 65.6 Å². The quantitative estimate of drug-likeness (QED) is 0.499. The summed E-state index contributed by atoms with van der Waals surface area (Å²) in [5.74, 6) is 0.261. The molecule has 0 saturated carbocycles. The molecule has 1 heteroatoms. The standard InChI is InChI=1S/C19H15N/c1-3-9-16-14(7-1)13-15-8-2-4-10-17(15)19(16)18-11-5-6-12-20-18/h1-12,19H,13H2. The summed E-state index contributed by atoms with van der Waals surface area (Å²) in [5, 5.41) is 0. The van der Waals surface area contributed by atoms with Gasteiger partial charge in [0.2, 0.25) is 0 Å². The Morgan fingerprint density at radius 2 is 1.30 bits per heavy atom. The number of rotatable bonds is 1. The zero-order chi connectivity index (χ0) is 13.4. The van der Waals surface area contributed by atoms with Crippen LogP contribution in [-0.4, -0.2) is 4.98 Å². The number of nitrogens with zero attached hydrogens (tertiary/aromatic N) is 1. The SMILES string of the molecule is c1ccc(C2c3ccccc3Cc3ccccc32)nc1. The molecule has 0 aliphatic heterocycles. The van der Waals surface area contributed by atoms with Crippen LogP contribution in [0.25, 0.3) is 0 Å². The van der Waals surface area contributed by atoms with E-state index in [0.29, 0.717) is 0 Å². The molecule has 1 heterocycles. The minimum atomic E-state index is 0.261. The van der Waals surface area contributed by atoms with Gasteiger partial charge in [-0.1, -0.05) is 54.6 Å². The highest BCUT2D eigenvalue weighted by Gasteiger charge is 2.26. The van der Waals surface area contributed by atoms with Gasteiger partial charge in [-0.2, -0.15) is 0 Å². The first-order chi connectivity index (χ1) is 9.93. The average molecular weight is 257 g/mol. The van der Waals surface area contributed by atoms with E-state index in [4.69, 9.17) is 0 Å². The van der Waals surface area contributed by atoms with Crippen molar-refractivity contribution in [3.05, 3.63) is 101 Å². The predicted octanol–water partition coefficient (Wildman–Crippen LogP) is 4.17. The number of pyridine rings is 1. The second kappa shape index (κ2) is 4.61. The molecular formula is C19H15N. The van der Waals surface area contributed by atoms with Gasteiger partial charge in [0, 0.05) is 6.20 Å². The van der Waals surface area contributed by atoms with E-state index >= 15 is 0 Å². The van der Waals surface area contributed by atoms with Crippen molar-refractivity contribution in [1.29, 1.82) is 0 Å². The van der Waals surface area contributed by atoms with Crippen molar-refractivity contribution < 1.29 is 0 Å². The van der Waals surface area contributed by atoms with Crippen LogP contribution in [0, 0.1) is 0 Å². The molecule has 2 aromatic carbocycles. The zero-order valence-corrected chi connectivity index (χ0v) is 11.2. The van der Waals surface area contributed by atoms with Gasteiger partial charge in [-0.05, 0) is 40.8 Å². The number of hydrogen-bond donors (Lipinski definition) is 0. The molecule has 0 spiro atoms. The fourth-order valence-corrected chi connectivity index (χ4v) is 3.19. The lowest BCUT2D eigenvalue weighted by Crippen LogP contribution is -2.15. The van der Waals surface area contributed by atoms with Gasteiger partial charge < -0.3 is 0 Å². The molecule has 3 aromatic rings. The van der Waals surface area contributed by atoms with Crippen molar-refractivity contribution in [2.75, 3.05) is 0 Å². The Morgan fingerprint density at radius 3 is 1.90 bits per heavy atom. The summed E-state index contributed by atoms with van der Waals surface area (Å²) >= 11 is 0. The van der Waals surface area contributed by atoms with Crippen LogP contribution in [0.5, 0.6) is 0 Å². The molecule has 0 N–H and O–H groups in total. The molecule has 0 saturated heterocycles. The predicted molar refractivity (Wildman–Crippen MR) is 80.9 cm³/mol. The number of hydrogen-bond acceptors (Lipinski definition) is 1. The molecule has 1 aromatic heterocycles. The maximum absolute atomic E-state index is 4.60.